The summed E-state index contributed by atoms with van der Waals surface area (Å²) in [6.45, 7) is 5.46. The Labute approximate surface area is 148 Å². The minimum Gasteiger partial charge on any atom is -0.334 e. The maximum absolute atomic E-state index is 12.7. The molecule has 1 aliphatic rings. The lowest BCUT2D eigenvalue weighted by Gasteiger charge is -2.30. The van der Waals surface area contributed by atoms with Crippen LogP contribution >= 0.6 is 0 Å². The van der Waals surface area contributed by atoms with E-state index in [1.807, 2.05) is 24.0 Å². The van der Waals surface area contributed by atoms with Gasteiger partial charge in [-0.25, -0.2) is 0 Å². The van der Waals surface area contributed by atoms with Crippen molar-refractivity contribution in [3.63, 3.8) is 0 Å². The number of aryl methyl sites for hydroxylation is 1. The zero-order valence-electron chi connectivity index (χ0n) is 14.7. The number of carbonyl (C=O) groups excluding carboxylic acids is 2. The third kappa shape index (κ3) is 4.25. The second kappa shape index (κ2) is 7.49. The number of benzene rings is 2. The molecule has 0 atom stereocenters. The topological polar surface area (TPSA) is 53.9 Å². The molecule has 1 saturated heterocycles. The van der Waals surface area contributed by atoms with Gasteiger partial charge >= 0.3 is 0 Å². The van der Waals surface area contributed by atoms with E-state index in [9.17, 15) is 9.59 Å². The summed E-state index contributed by atoms with van der Waals surface area (Å²) in [6, 6.07) is 14.6. The van der Waals surface area contributed by atoms with Crippen LogP contribution in [0.4, 0.5) is 5.69 Å². The van der Waals surface area contributed by atoms with Crippen molar-refractivity contribution in [2.75, 3.05) is 38.5 Å². The van der Waals surface area contributed by atoms with Gasteiger partial charge in [-0.05, 0) is 37.3 Å². The first-order valence-corrected chi connectivity index (χ1v) is 8.61. The van der Waals surface area contributed by atoms with E-state index in [-0.39, 0.29) is 11.8 Å². The molecule has 0 aliphatic carbocycles. The second-order valence-corrected chi connectivity index (χ2v) is 6.65. The molecule has 2 aromatic carbocycles. The van der Waals surface area contributed by atoms with E-state index in [0.717, 1.165) is 31.7 Å². The molecule has 25 heavy (non-hydrogen) atoms. The Bertz CT molecular complexity index is 763. The minimum atomic E-state index is -0.173. The van der Waals surface area contributed by atoms with E-state index in [1.54, 1.807) is 36.4 Å². The maximum Gasteiger partial charge on any atom is 0.255 e. The summed E-state index contributed by atoms with van der Waals surface area (Å²) < 4.78 is 0. The summed E-state index contributed by atoms with van der Waals surface area (Å²) >= 11 is 0. The number of piperazine rings is 1. The van der Waals surface area contributed by atoms with Crippen LogP contribution in [0.5, 0.6) is 0 Å². The van der Waals surface area contributed by atoms with E-state index in [1.165, 1.54) is 4.90 Å². The predicted molar refractivity (Wildman–Crippen MR) is 98.1 cm³/mol. The number of rotatable bonds is 3. The Morgan fingerprint density at radius 2 is 1.68 bits per heavy atom. The fourth-order valence-corrected chi connectivity index (χ4v) is 2.91. The van der Waals surface area contributed by atoms with Crippen molar-refractivity contribution in [2.45, 2.75) is 6.92 Å². The van der Waals surface area contributed by atoms with Crippen molar-refractivity contribution in [3.05, 3.63) is 65.2 Å². The SMILES string of the molecule is Cc1ccc(C(=O)Nc2cccc(C(=O)N3CC[NH+](C)CC3)c2)cc1. The average Bonchev–Trinajstić information content (AvgIpc) is 2.62. The zero-order chi connectivity index (χ0) is 17.8. The molecule has 0 spiro atoms. The molecule has 2 amide bonds. The van der Waals surface area contributed by atoms with E-state index < -0.39 is 0 Å². The quantitative estimate of drug-likeness (QED) is 0.884. The third-order valence-corrected chi connectivity index (χ3v) is 4.59. The standard InChI is InChI=1S/C20H23N3O2/c1-15-6-8-16(9-7-15)19(24)21-18-5-3-4-17(14-18)20(25)23-12-10-22(2)11-13-23/h3-9,14H,10-13H2,1-2H3,(H,21,24)/p+1. The molecule has 1 heterocycles. The van der Waals surface area contributed by atoms with Crippen molar-refractivity contribution in [1.82, 2.24) is 4.90 Å². The van der Waals surface area contributed by atoms with Gasteiger partial charge in [-0.3, -0.25) is 9.59 Å². The van der Waals surface area contributed by atoms with Gasteiger partial charge in [-0.1, -0.05) is 23.8 Å². The number of anilines is 1. The number of hydrogen-bond donors (Lipinski definition) is 2. The Morgan fingerprint density at radius 3 is 2.36 bits per heavy atom. The fraction of sp³-hybridized carbons (Fsp3) is 0.300. The van der Waals surface area contributed by atoms with Gasteiger partial charge in [0.25, 0.3) is 11.8 Å². The number of nitrogens with zero attached hydrogens (tertiary/aromatic N) is 1. The zero-order valence-corrected chi connectivity index (χ0v) is 14.7. The normalized spacial score (nSPS) is 15.0. The van der Waals surface area contributed by atoms with Gasteiger partial charge in [-0.15, -0.1) is 0 Å². The van der Waals surface area contributed by atoms with Crippen LogP contribution in [0, 0.1) is 6.92 Å². The fourth-order valence-electron chi connectivity index (χ4n) is 2.91. The lowest BCUT2D eigenvalue weighted by atomic mass is 10.1. The molecule has 3 rings (SSSR count). The first-order valence-electron chi connectivity index (χ1n) is 8.61. The Hall–Kier alpha value is -2.66. The highest BCUT2D eigenvalue weighted by Crippen LogP contribution is 2.15. The van der Waals surface area contributed by atoms with Gasteiger partial charge in [0.15, 0.2) is 0 Å². The Morgan fingerprint density at radius 1 is 1.00 bits per heavy atom. The summed E-state index contributed by atoms with van der Waals surface area (Å²) in [4.78, 5) is 28.3. The highest BCUT2D eigenvalue weighted by molar-refractivity contribution is 6.05. The molecule has 130 valence electrons. The third-order valence-electron chi connectivity index (χ3n) is 4.59. The van der Waals surface area contributed by atoms with Crippen LogP contribution in [-0.2, 0) is 0 Å². The highest BCUT2D eigenvalue weighted by Gasteiger charge is 2.22. The second-order valence-electron chi connectivity index (χ2n) is 6.65. The highest BCUT2D eigenvalue weighted by atomic mass is 16.2. The number of likely N-dealkylation sites (N-methyl/N-ethyl adjacent to an activating group) is 1. The molecule has 0 saturated carbocycles. The number of carbonyl (C=O) groups is 2. The molecule has 1 fully saturated rings. The van der Waals surface area contributed by atoms with Crippen LogP contribution in [0.15, 0.2) is 48.5 Å². The summed E-state index contributed by atoms with van der Waals surface area (Å²) in [7, 11) is 2.14. The van der Waals surface area contributed by atoms with Gasteiger partial charge < -0.3 is 15.1 Å². The Balaban J connectivity index is 1.69. The van der Waals surface area contributed by atoms with Crippen molar-refractivity contribution in [3.8, 4) is 0 Å². The van der Waals surface area contributed by atoms with E-state index in [0.29, 0.717) is 16.8 Å². The molecule has 1 aliphatic heterocycles. The molecule has 2 N–H and O–H groups in total. The van der Waals surface area contributed by atoms with Crippen LogP contribution < -0.4 is 10.2 Å². The largest absolute Gasteiger partial charge is 0.334 e. The van der Waals surface area contributed by atoms with Crippen LogP contribution in [0.25, 0.3) is 0 Å². The van der Waals surface area contributed by atoms with E-state index in [2.05, 4.69) is 12.4 Å². The molecule has 5 heteroatoms. The minimum absolute atomic E-state index is 0.0268. The molecular weight excluding hydrogens is 314 g/mol. The van der Waals surface area contributed by atoms with Gasteiger partial charge in [0, 0.05) is 16.8 Å². The number of quaternary nitrogens is 1. The van der Waals surface area contributed by atoms with E-state index in [4.69, 9.17) is 0 Å². The van der Waals surface area contributed by atoms with E-state index >= 15 is 0 Å². The molecule has 5 nitrogen and oxygen atoms in total. The van der Waals surface area contributed by atoms with Crippen LogP contribution in [-0.4, -0.2) is 49.9 Å². The van der Waals surface area contributed by atoms with Crippen molar-refractivity contribution in [1.29, 1.82) is 0 Å². The molecule has 0 bridgehead atoms. The van der Waals surface area contributed by atoms with Crippen LogP contribution in [0.1, 0.15) is 26.3 Å². The summed E-state index contributed by atoms with van der Waals surface area (Å²) in [5, 5.41) is 2.87. The van der Waals surface area contributed by atoms with Gasteiger partial charge in [0.05, 0.1) is 33.2 Å². The lowest BCUT2D eigenvalue weighted by Crippen LogP contribution is -3.12. The van der Waals surface area contributed by atoms with Gasteiger partial charge in [0.2, 0.25) is 0 Å². The summed E-state index contributed by atoms with van der Waals surface area (Å²) in [5.74, 6) is -0.147. The maximum atomic E-state index is 12.7. The number of amides is 2. The average molecular weight is 338 g/mol. The van der Waals surface area contributed by atoms with Crippen molar-refractivity contribution in [2.24, 2.45) is 0 Å². The molecule has 0 unspecified atom stereocenters. The first-order chi connectivity index (χ1) is 12.0. The van der Waals surface area contributed by atoms with Crippen LogP contribution in [0.2, 0.25) is 0 Å². The predicted octanol–water partition coefficient (Wildman–Crippen LogP) is 1.22. The number of hydrogen-bond acceptors (Lipinski definition) is 2. The van der Waals surface area contributed by atoms with Crippen LogP contribution in [0.3, 0.4) is 0 Å². The number of nitrogens with one attached hydrogen (secondary N) is 2. The monoisotopic (exact) mass is 338 g/mol. The molecule has 0 radical (unpaired) electrons. The molecule has 2 aromatic rings. The molecule has 0 aromatic heterocycles. The van der Waals surface area contributed by atoms with Crippen molar-refractivity contribution >= 4 is 17.5 Å². The lowest BCUT2D eigenvalue weighted by molar-refractivity contribution is -0.883. The smallest absolute Gasteiger partial charge is 0.255 e. The summed E-state index contributed by atoms with van der Waals surface area (Å²) in [5.41, 5.74) is 2.96. The van der Waals surface area contributed by atoms with Crippen molar-refractivity contribution < 1.29 is 14.5 Å². The van der Waals surface area contributed by atoms with Gasteiger partial charge in [0.1, 0.15) is 0 Å². The first kappa shape index (κ1) is 17.2. The van der Waals surface area contributed by atoms with Gasteiger partial charge in [-0.2, -0.15) is 0 Å². The summed E-state index contributed by atoms with van der Waals surface area (Å²) in [6.07, 6.45) is 0. The Kier molecular flexibility index (Phi) is 5.14. The molecular formula is C20H24N3O2+.